The lowest BCUT2D eigenvalue weighted by molar-refractivity contribution is 0.0531. The number of carbonyl (C=O) groups is 1. The van der Waals surface area contributed by atoms with Gasteiger partial charge in [-0.25, -0.2) is 9.78 Å². The summed E-state index contributed by atoms with van der Waals surface area (Å²) < 4.78 is 7.07. The quantitative estimate of drug-likeness (QED) is 0.468. The molecule has 0 saturated heterocycles. The standard InChI is InChI=1S/C17H25N5O2S/c1-6-24-16(23)14-11(2)20-15(25-14)12(3)21-17(18-4)19-9-13-7-8-22(5)10-13/h7-8,10,12H,6,9H2,1-5H3,(H2,18,19,21). The Morgan fingerprint density at radius 2 is 2.28 bits per heavy atom. The first-order valence-electron chi connectivity index (χ1n) is 8.17. The molecule has 2 heterocycles. The van der Waals surface area contributed by atoms with Crippen LogP contribution in [0.5, 0.6) is 0 Å². The van der Waals surface area contributed by atoms with E-state index in [0.717, 1.165) is 5.01 Å². The molecule has 0 aliphatic carbocycles. The number of thiazole rings is 1. The highest BCUT2D eigenvalue weighted by atomic mass is 32.1. The monoisotopic (exact) mass is 363 g/mol. The van der Waals surface area contributed by atoms with Gasteiger partial charge in [-0.3, -0.25) is 4.99 Å². The molecule has 136 valence electrons. The number of nitrogens with zero attached hydrogens (tertiary/aromatic N) is 3. The van der Waals surface area contributed by atoms with Gasteiger partial charge in [0.05, 0.1) is 18.3 Å². The van der Waals surface area contributed by atoms with E-state index in [2.05, 4.69) is 32.9 Å². The minimum atomic E-state index is -0.317. The zero-order valence-electron chi connectivity index (χ0n) is 15.3. The van der Waals surface area contributed by atoms with Crippen LogP contribution in [-0.4, -0.2) is 35.1 Å². The van der Waals surface area contributed by atoms with E-state index in [-0.39, 0.29) is 12.0 Å². The van der Waals surface area contributed by atoms with Crippen LogP contribution in [0.25, 0.3) is 0 Å². The molecule has 0 amide bonds. The molecule has 1 atom stereocenters. The number of guanidine groups is 1. The first kappa shape index (κ1) is 19.0. The Kier molecular flexibility index (Phi) is 6.58. The first-order chi connectivity index (χ1) is 11.9. The maximum absolute atomic E-state index is 11.9. The van der Waals surface area contributed by atoms with Gasteiger partial charge >= 0.3 is 5.97 Å². The average Bonchev–Trinajstić information content (AvgIpc) is 3.17. The van der Waals surface area contributed by atoms with Gasteiger partial charge in [0.1, 0.15) is 9.88 Å². The maximum atomic E-state index is 11.9. The lowest BCUT2D eigenvalue weighted by Crippen LogP contribution is -2.38. The Labute approximate surface area is 152 Å². The Balaban J connectivity index is 1.98. The number of nitrogens with one attached hydrogen (secondary N) is 2. The molecule has 0 spiro atoms. The van der Waals surface area contributed by atoms with Gasteiger partial charge in [-0.2, -0.15) is 0 Å². The predicted octanol–water partition coefficient (Wildman–Crippen LogP) is 2.39. The van der Waals surface area contributed by atoms with Crippen LogP contribution >= 0.6 is 11.3 Å². The van der Waals surface area contributed by atoms with Crippen LogP contribution < -0.4 is 10.6 Å². The highest BCUT2D eigenvalue weighted by molar-refractivity contribution is 7.13. The Bertz CT molecular complexity index is 750. The van der Waals surface area contributed by atoms with Gasteiger partial charge in [0.25, 0.3) is 0 Å². The first-order valence-corrected chi connectivity index (χ1v) is 8.98. The lowest BCUT2D eigenvalue weighted by atomic mass is 10.3. The third kappa shape index (κ3) is 5.06. The topological polar surface area (TPSA) is 80.5 Å². The molecule has 2 aromatic heterocycles. The summed E-state index contributed by atoms with van der Waals surface area (Å²) in [5, 5.41) is 7.40. The summed E-state index contributed by atoms with van der Waals surface area (Å²) >= 11 is 1.35. The van der Waals surface area contributed by atoms with E-state index in [1.165, 1.54) is 16.9 Å². The molecule has 0 saturated carbocycles. The zero-order valence-corrected chi connectivity index (χ0v) is 16.1. The van der Waals surface area contributed by atoms with E-state index < -0.39 is 0 Å². The summed E-state index contributed by atoms with van der Waals surface area (Å²) in [6, 6.07) is 1.98. The van der Waals surface area contributed by atoms with Gasteiger partial charge < -0.3 is 19.9 Å². The normalized spacial score (nSPS) is 12.8. The Morgan fingerprint density at radius 1 is 1.52 bits per heavy atom. The molecule has 7 nitrogen and oxygen atoms in total. The van der Waals surface area contributed by atoms with Crippen molar-refractivity contribution in [1.29, 1.82) is 0 Å². The molecule has 0 fully saturated rings. The van der Waals surface area contributed by atoms with Crippen molar-refractivity contribution in [3.63, 3.8) is 0 Å². The molecule has 2 aromatic rings. The van der Waals surface area contributed by atoms with Crippen LogP contribution in [0.2, 0.25) is 0 Å². The molecule has 25 heavy (non-hydrogen) atoms. The summed E-state index contributed by atoms with van der Waals surface area (Å²) in [5.41, 5.74) is 1.87. The van der Waals surface area contributed by atoms with Crippen LogP contribution in [0.1, 0.15) is 45.8 Å². The highest BCUT2D eigenvalue weighted by Crippen LogP contribution is 2.24. The van der Waals surface area contributed by atoms with Crippen molar-refractivity contribution in [3.8, 4) is 0 Å². The van der Waals surface area contributed by atoms with Crippen LogP contribution in [0.3, 0.4) is 0 Å². The van der Waals surface area contributed by atoms with E-state index >= 15 is 0 Å². The van der Waals surface area contributed by atoms with E-state index in [9.17, 15) is 4.79 Å². The van der Waals surface area contributed by atoms with Crippen molar-refractivity contribution < 1.29 is 9.53 Å². The number of aromatic nitrogens is 2. The second kappa shape index (κ2) is 8.66. The van der Waals surface area contributed by atoms with E-state index in [0.29, 0.717) is 29.7 Å². The van der Waals surface area contributed by atoms with E-state index in [1.54, 1.807) is 14.0 Å². The fourth-order valence-electron chi connectivity index (χ4n) is 2.30. The van der Waals surface area contributed by atoms with Crippen molar-refractivity contribution in [2.75, 3.05) is 13.7 Å². The highest BCUT2D eigenvalue weighted by Gasteiger charge is 2.20. The van der Waals surface area contributed by atoms with Crippen molar-refractivity contribution in [2.45, 2.75) is 33.4 Å². The third-order valence-corrected chi connectivity index (χ3v) is 4.89. The SMILES string of the molecule is CCOC(=O)c1sc(C(C)NC(=NC)NCc2ccn(C)c2)nc1C. The van der Waals surface area contributed by atoms with Gasteiger partial charge in [0.15, 0.2) is 5.96 Å². The smallest absolute Gasteiger partial charge is 0.350 e. The number of rotatable bonds is 6. The lowest BCUT2D eigenvalue weighted by Gasteiger charge is -2.15. The summed E-state index contributed by atoms with van der Waals surface area (Å²) in [7, 11) is 3.72. The number of aryl methyl sites for hydroxylation is 2. The zero-order chi connectivity index (χ0) is 18.4. The molecule has 0 aliphatic heterocycles. The van der Waals surface area contributed by atoms with Crippen molar-refractivity contribution in [2.24, 2.45) is 12.0 Å². The molecule has 2 N–H and O–H groups in total. The molecule has 1 unspecified atom stereocenters. The van der Waals surface area contributed by atoms with E-state index in [1.807, 2.05) is 31.7 Å². The molecule has 8 heteroatoms. The largest absolute Gasteiger partial charge is 0.462 e. The molecule has 0 radical (unpaired) electrons. The molecule has 2 rings (SSSR count). The number of carbonyl (C=O) groups excluding carboxylic acids is 1. The Hall–Kier alpha value is -2.35. The molecule has 0 aromatic carbocycles. The average molecular weight is 363 g/mol. The fraction of sp³-hybridized carbons (Fsp3) is 0.471. The molecule has 0 bridgehead atoms. The van der Waals surface area contributed by atoms with Gasteiger partial charge in [-0.05, 0) is 32.4 Å². The predicted molar refractivity (Wildman–Crippen MR) is 100.0 cm³/mol. The molecular weight excluding hydrogens is 338 g/mol. The van der Waals surface area contributed by atoms with Crippen LogP contribution in [0.15, 0.2) is 23.5 Å². The fourth-order valence-corrected chi connectivity index (χ4v) is 3.26. The summed E-state index contributed by atoms with van der Waals surface area (Å²) in [6.07, 6.45) is 4.06. The summed E-state index contributed by atoms with van der Waals surface area (Å²) in [4.78, 5) is 21.2. The Morgan fingerprint density at radius 3 is 2.88 bits per heavy atom. The van der Waals surface area contributed by atoms with Gasteiger partial charge in [0, 0.05) is 33.0 Å². The van der Waals surface area contributed by atoms with Crippen molar-refractivity contribution >= 4 is 23.3 Å². The summed E-state index contributed by atoms with van der Waals surface area (Å²) in [6.45, 7) is 6.64. The summed E-state index contributed by atoms with van der Waals surface area (Å²) in [5.74, 6) is 0.365. The molecular formula is C17H25N5O2S. The number of ether oxygens (including phenoxy) is 1. The van der Waals surface area contributed by atoms with Crippen LogP contribution in [0, 0.1) is 6.92 Å². The minimum Gasteiger partial charge on any atom is -0.462 e. The van der Waals surface area contributed by atoms with Gasteiger partial charge in [-0.15, -0.1) is 11.3 Å². The van der Waals surface area contributed by atoms with E-state index in [4.69, 9.17) is 4.74 Å². The van der Waals surface area contributed by atoms with Gasteiger partial charge in [-0.1, -0.05) is 0 Å². The minimum absolute atomic E-state index is 0.0751. The third-order valence-electron chi connectivity index (χ3n) is 3.57. The van der Waals surface area contributed by atoms with Crippen LogP contribution in [-0.2, 0) is 18.3 Å². The number of hydrogen-bond donors (Lipinski definition) is 2. The number of esters is 1. The molecule has 0 aliphatic rings. The second-order valence-corrected chi connectivity index (χ2v) is 6.69. The van der Waals surface area contributed by atoms with Crippen molar-refractivity contribution in [1.82, 2.24) is 20.2 Å². The van der Waals surface area contributed by atoms with Crippen LogP contribution in [0.4, 0.5) is 0 Å². The number of hydrogen-bond acceptors (Lipinski definition) is 5. The van der Waals surface area contributed by atoms with Gasteiger partial charge in [0.2, 0.25) is 0 Å². The maximum Gasteiger partial charge on any atom is 0.350 e. The second-order valence-electron chi connectivity index (χ2n) is 5.66. The van der Waals surface area contributed by atoms with Crippen molar-refractivity contribution in [3.05, 3.63) is 39.6 Å². The number of aliphatic imine (C=N–C) groups is 1.